The molecule has 0 spiro atoms. The van der Waals surface area contributed by atoms with E-state index in [9.17, 15) is 4.79 Å². The Morgan fingerprint density at radius 1 is 1.24 bits per heavy atom. The van der Waals surface area contributed by atoms with Crippen molar-refractivity contribution < 1.29 is 4.79 Å². The zero-order valence-electron chi connectivity index (χ0n) is 13.7. The van der Waals surface area contributed by atoms with Crippen LogP contribution in [-0.2, 0) is 0 Å². The van der Waals surface area contributed by atoms with E-state index in [4.69, 9.17) is 11.6 Å². The minimum Gasteiger partial charge on any atom is -0.335 e. The van der Waals surface area contributed by atoms with Gasteiger partial charge < -0.3 is 4.90 Å². The molecule has 2 aromatic carbocycles. The van der Waals surface area contributed by atoms with Crippen LogP contribution in [0.15, 0.2) is 59.6 Å². The first-order chi connectivity index (χ1) is 12.0. The molecule has 25 heavy (non-hydrogen) atoms. The van der Waals surface area contributed by atoms with Crippen molar-refractivity contribution in [3.63, 3.8) is 0 Å². The number of benzene rings is 2. The van der Waals surface area contributed by atoms with Crippen LogP contribution in [0, 0.1) is 0 Å². The summed E-state index contributed by atoms with van der Waals surface area (Å²) in [4.78, 5) is 18.4. The number of nitrogens with zero attached hydrogens (tertiary/aromatic N) is 4. The molecule has 0 saturated heterocycles. The fraction of sp³-hybridized carbons (Fsp3) is 0.167. The zero-order chi connectivity index (χ0) is 18.0. The van der Waals surface area contributed by atoms with Gasteiger partial charge in [0.1, 0.15) is 12.7 Å². The molecule has 3 rings (SSSR count). The molecule has 0 saturated carbocycles. The highest BCUT2D eigenvalue weighted by Crippen LogP contribution is 2.26. The number of halogens is 2. The molecule has 1 aromatic heterocycles. The maximum atomic E-state index is 12.8. The molecular weight excluding hydrogens is 404 g/mol. The van der Waals surface area contributed by atoms with Crippen LogP contribution in [0.2, 0.25) is 5.02 Å². The van der Waals surface area contributed by atoms with Gasteiger partial charge in [-0.25, -0.2) is 9.67 Å². The van der Waals surface area contributed by atoms with E-state index >= 15 is 0 Å². The molecule has 0 aliphatic heterocycles. The minimum atomic E-state index is -0.126. The average molecular weight is 420 g/mol. The number of carbonyl (C=O) groups excluding carboxylic acids is 1. The molecular formula is C18H16BrClN4O. The van der Waals surface area contributed by atoms with E-state index in [-0.39, 0.29) is 11.9 Å². The van der Waals surface area contributed by atoms with Gasteiger partial charge in [0, 0.05) is 11.5 Å². The van der Waals surface area contributed by atoms with Crippen molar-refractivity contribution >= 4 is 33.4 Å². The monoisotopic (exact) mass is 418 g/mol. The summed E-state index contributed by atoms with van der Waals surface area (Å²) in [6.07, 6.45) is 3.13. The van der Waals surface area contributed by atoms with Gasteiger partial charge in [0.25, 0.3) is 5.91 Å². The molecule has 1 atom stereocenters. The van der Waals surface area contributed by atoms with Gasteiger partial charge in [0.15, 0.2) is 0 Å². The van der Waals surface area contributed by atoms with Crippen LogP contribution in [0.1, 0.15) is 28.9 Å². The van der Waals surface area contributed by atoms with Crippen LogP contribution in [0.4, 0.5) is 0 Å². The summed E-state index contributed by atoms with van der Waals surface area (Å²) < 4.78 is 2.50. The summed E-state index contributed by atoms with van der Waals surface area (Å²) >= 11 is 9.56. The third-order valence-electron chi connectivity index (χ3n) is 4.12. The van der Waals surface area contributed by atoms with Crippen LogP contribution in [-0.4, -0.2) is 32.6 Å². The van der Waals surface area contributed by atoms with Crippen molar-refractivity contribution in [2.24, 2.45) is 0 Å². The van der Waals surface area contributed by atoms with Gasteiger partial charge in [-0.2, -0.15) is 5.10 Å². The Morgan fingerprint density at radius 2 is 1.96 bits per heavy atom. The summed E-state index contributed by atoms with van der Waals surface area (Å²) in [5.74, 6) is -0.126. The van der Waals surface area contributed by atoms with Gasteiger partial charge in [0.05, 0.1) is 22.3 Å². The van der Waals surface area contributed by atoms with Crippen molar-refractivity contribution in [3.05, 3.63) is 75.7 Å². The molecule has 5 nitrogen and oxygen atoms in total. The lowest BCUT2D eigenvalue weighted by molar-refractivity contribution is 0.0743. The third kappa shape index (κ3) is 3.75. The van der Waals surface area contributed by atoms with Crippen LogP contribution in [0.25, 0.3) is 5.69 Å². The van der Waals surface area contributed by atoms with Gasteiger partial charge >= 0.3 is 0 Å². The Balaban J connectivity index is 1.81. The lowest BCUT2D eigenvalue weighted by Crippen LogP contribution is -2.29. The average Bonchev–Trinajstić information content (AvgIpc) is 3.16. The first-order valence-corrected chi connectivity index (χ1v) is 8.81. The van der Waals surface area contributed by atoms with Crippen LogP contribution < -0.4 is 0 Å². The molecule has 0 radical (unpaired) electrons. The molecule has 0 fully saturated rings. The largest absolute Gasteiger partial charge is 0.335 e. The first kappa shape index (κ1) is 17.6. The lowest BCUT2D eigenvalue weighted by Gasteiger charge is -2.26. The highest BCUT2D eigenvalue weighted by atomic mass is 79.9. The second-order valence-corrected chi connectivity index (χ2v) is 6.97. The van der Waals surface area contributed by atoms with Crippen LogP contribution >= 0.6 is 27.5 Å². The number of hydrogen-bond acceptors (Lipinski definition) is 3. The van der Waals surface area contributed by atoms with Crippen molar-refractivity contribution in [2.45, 2.75) is 13.0 Å². The van der Waals surface area contributed by atoms with Crippen molar-refractivity contribution in [2.75, 3.05) is 7.05 Å². The number of aromatic nitrogens is 3. The quantitative estimate of drug-likeness (QED) is 0.625. The maximum Gasteiger partial charge on any atom is 0.255 e. The van der Waals surface area contributed by atoms with Crippen LogP contribution in [0.5, 0.6) is 0 Å². The number of carbonyl (C=O) groups is 1. The minimum absolute atomic E-state index is 0.104. The summed E-state index contributed by atoms with van der Waals surface area (Å²) in [5, 5.41) is 4.54. The normalized spacial score (nSPS) is 12.0. The maximum absolute atomic E-state index is 12.8. The van der Waals surface area contributed by atoms with Gasteiger partial charge in [-0.1, -0.05) is 39.7 Å². The number of hydrogen-bond donors (Lipinski definition) is 0. The highest BCUT2D eigenvalue weighted by Gasteiger charge is 2.21. The third-order valence-corrected chi connectivity index (χ3v) is 4.94. The Labute approximate surface area is 159 Å². The fourth-order valence-electron chi connectivity index (χ4n) is 2.50. The molecule has 0 aliphatic rings. The molecule has 1 heterocycles. The smallest absolute Gasteiger partial charge is 0.255 e. The van der Waals surface area contributed by atoms with Gasteiger partial charge in [-0.3, -0.25) is 4.79 Å². The van der Waals surface area contributed by atoms with E-state index in [1.165, 1.54) is 6.33 Å². The molecule has 0 unspecified atom stereocenters. The van der Waals surface area contributed by atoms with E-state index in [0.29, 0.717) is 10.6 Å². The molecule has 7 heteroatoms. The second-order valence-electron chi connectivity index (χ2n) is 5.65. The Hall–Kier alpha value is -2.18. The first-order valence-electron chi connectivity index (χ1n) is 7.64. The van der Waals surface area contributed by atoms with Gasteiger partial charge in [0.2, 0.25) is 0 Å². The molecule has 0 N–H and O–H groups in total. The Morgan fingerprint density at radius 3 is 2.60 bits per heavy atom. The Kier molecular flexibility index (Phi) is 5.20. The zero-order valence-corrected chi connectivity index (χ0v) is 16.1. The Bertz CT molecular complexity index is 881. The second kappa shape index (κ2) is 7.37. The summed E-state index contributed by atoms with van der Waals surface area (Å²) in [7, 11) is 1.77. The predicted molar refractivity (Wildman–Crippen MR) is 101 cm³/mol. The topological polar surface area (TPSA) is 51.0 Å². The summed E-state index contributed by atoms with van der Waals surface area (Å²) in [6, 6.07) is 13.0. The molecule has 0 aliphatic carbocycles. The van der Waals surface area contributed by atoms with Crippen molar-refractivity contribution in [3.8, 4) is 5.69 Å². The molecule has 1 amide bonds. The van der Waals surface area contributed by atoms with Crippen molar-refractivity contribution in [1.29, 1.82) is 0 Å². The van der Waals surface area contributed by atoms with Crippen LogP contribution in [0.3, 0.4) is 0 Å². The number of amides is 1. The molecule has 0 bridgehead atoms. The van der Waals surface area contributed by atoms with Gasteiger partial charge in [-0.15, -0.1) is 0 Å². The standard InChI is InChI=1S/C18H16BrClN4O/c1-12(13-3-6-15(7-4-13)24-11-21-10-22-24)23(2)18(25)16-9-14(19)5-8-17(16)20/h3-12H,1-2H3/t12-/m0/s1. The SMILES string of the molecule is C[C@@H](c1ccc(-n2cncn2)cc1)N(C)C(=O)c1cc(Br)ccc1Cl. The van der Waals surface area contributed by atoms with Crippen molar-refractivity contribution in [1.82, 2.24) is 19.7 Å². The summed E-state index contributed by atoms with van der Waals surface area (Å²) in [5.41, 5.74) is 2.41. The fourth-order valence-corrected chi connectivity index (χ4v) is 3.06. The van der Waals surface area contributed by atoms with E-state index in [1.807, 2.05) is 37.3 Å². The van der Waals surface area contributed by atoms with E-state index in [0.717, 1.165) is 15.7 Å². The number of rotatable bonds is 4. The lowest BCUT2D eigenvalue weighted by atomic mass is 10.1. The van der Waals surface area contributed by atoms with E-state index in [1.54, 1.807) is 35.1 Å². The highest BCUT2D eigenvalue weighted by molar-refractivity contribution is 9.10. The molecule has 3 aromatic rings. The van der Waals surface area contributed by atoms with E-state index < -0.39 is 0 Å². The van der Waals surface area contributed by atoms with Gasteiger partial charge in [-0.05, 0) is 42.8 Å². The predicted octanol–water partition coefficient (Wildman–Crippen LogP) is 4.52. The van der Waals surface area contributed by atoms with E-state index in [2.05, 4.69) is 26.0 Å². The molecule has 128 valence electrons. The summed E-state index contributed by atoms with van der Waals surface area (Å²) in [6.45, 7) is 1.98.